The number of phenolic OH excluding ortho intramolecular Hbond substituents is 1. The van der Waals surface area contributed by atoms with Crippen molar-refractivity contribution >= 4 is 90.2 Å². The highest BCUT2D eigenvalue weighted by Gasteiger charge is 2.30. The average molecular weight is 1200 g/mol. The maximum Gasteiger partial charge on any atom is 0.408 e. The summed E-state index contributed by atoms with van der Waals surface area (Å²) in [4.78, 5) is 80.2. The molecule has 0 saturated carbocycles. The lowest BCUT2D eigenvalue weighted by molar-refractivity contribution is -0.144. The van der Waals surface area contributed by atoms with Crippen LogP contribution in [0, 0.1) is 17.3 Å². The van der Waals surface area contributed by atoms with Gasteiger partial charge in [-0.15, -0.1) is 0 Å². The van der Waals surface area contributed by atoms with E-state index in [0.29, 0.717) is 70.3 Å². The number of ether oxygens (including phenoxy) is 5. The smallest absolute Gasteiger partial charge is 0.408 e. The van der Waals surface area contributed by atoms with E-state index >= 15 is 0 Å². The fraction of sp³-hybridized carbons (Fsp3) is 0.361. The number of carbonyl (C=O) groups is 6. The number of esters is 2. The molecule has 0 saturated heterocycles. The van der Waals surface area contributed by atoms with E-state index in [9.17, 15) is 33.9 Å². The number of hydrogen-bond donors (Lipinski definition) is 5. The lowest BCUT2D eigenvalue weighted by Gasteiger charge is -2.25. The van der Waals surface area contributed by atoms with Gasteiger partial charge in [-0.25, -0.2) is 4.79 Å². The summed E-state index contributed by atoms with van der Waals surface area (Å²) in [7, 11) is 3.15. The van der Waals surface area contributed by atoms with Crippen molar-refractivity contribution in [3.05, 3.63) is 132 Å². The average Bonchev–Trinajstić information content (AvgIpc) is 1.60. The Labute approximate surface area is 515 Å². The van der Waals surface area contributed by atoms with Gasteiger partial charge < -0.3 is 50.1 Å². The van der Waals surface area contributed by atoms with Crippen molar-refractivity contribution in [1.82, 2.24) is 10.6 Å². The summed E-state index contributed by atoms with van der Waals surface area (Å²) >= 11 is 0. The molecule has 0 heterocycles. The Kier molecular flexibility index (Phi) is 20.4. The van der Waals surface area contributed by atoms with Gasteiger partial charge in [0.15, 0.2) is 0 Å². The van der Waals surface area contributed by atoms with Gasteiger partial charge in [0.1, 0.15) is 40.7 Å². The molecule has 0 aliphatic heterocycles. The highest BCUT2D eigenvalue weighted by atomic mass is 16.6. The van der Waals surface area contributed by atoms with E-state index in [1.807, 2.05) is 132 Å². The number of alkyl carbamates (subject to hydrolysis) is 1. The van der Waals surface area contributed by atoms with E-state index in [-0.39, 0.29) is 48.2 Å². The molecule has 88 heavy (non-hydrogen) atoms. The predicted molar refractivity (Wildman–Crippen MR) is 348 cm³/mol. The number of benzene rings is 8. The molecule has 0 aromatic heterocycles. The second-order valence-electron chi connectivity index (χ2n) is 25.0. The number of aryl methyl sites for hydroxylation is 2. The Morgan fingerprint density at radius 2 is 0.966 bits per heavy atom. The van der Waals surface area contributed by atoms with Crippen molar-refractivity contribution < 1.29 is 57.6 Å². The summed E-state index contributed by atoms with van der Waals surface area (Å²) in [6.07, 6.45) is 2.26. The second-order valence-corrected chi connectivity index (χ2v) is 25.0. The third-order valence-corrected chi connectivity index (χ3v) is 15.3. The lowest BCUT2D eigenvalue weighted by atomic mass is 9.90. The number of methoxy groups -OCH3 is 2. The molecule has 0 radical (unpaired) electrons. The van der Waals surface area contributed by atoms with Crippen LogP contribution in [0.15, 0.2) is 121 Å². The molecule has 0 aliphatic rings. The maximum atomic E-state index is 14.2. The van der Waals surface area contributed by atoms with Crippen molar-refractivity contribution in [1.29, 1.82) is 0 Å². The molecule has 462 valence electrons. The maximum absolute atomic E-state index is 14.2. The van der Waals surface area contributed by atoms with Crippen LogP contribution in [-0.4, -0.2) is 79.4 Å². The van der Waals surface area contributed by atoms with E-state index in [1.54, 1.807) is 80.0 Å². The molecule has 0 bridgehead atoms. The summed E-state index contributed by atoms with van der Waals surface area (Å²) in [5, 5.41) is 29.5. The van der Waals surface area contributed by atoms with Crippen LogP contribution in [0.3, 0.4) is 0 Å². The van der Waals surface area contributed by atoms with Gasteiger partial charge >= 0.3 is 18.0 Å². The molecule has 8 aromatic carbocycles. The molecule has 16 nitrogen and oxygen atoms in total. The number of rotatable bonds is 22. The summed E-state index contributed by atoms with van der Waals surface area (Å²) < 4.78 is 28.9. The van der Waals surface area contributed by atoms with Gasteiger partial charge in [-0.3, -0.25) is 24.0 Å². The minimum Gasteiger partial charge on any atom is -0.507 e. The van der Waals surface area contributed by atoms with Crippen molar-refractivity contribution in [3.8, 4) is 45.3 Å². The first-order chi connectivity index (χ1) is 41.8. The van der Waals surface area contributed by atoms with Gasteiger partial charge in [-0.1, -0.05) is 114 Å². The Morgan fingerprint density at radius 1 is 0.523 bits per heavy atom. The molecule has 0 aliphatic carbocycles. The summed E-state index contributed by atoms with van der Waals surface area (Å²) in [5.74, 6) is -0.816. The molecule has 2 atom stereocenters. The number of unbranched alkanes of at least 4 members (excludes halogenated alkanes) is 1. The molecular weight excluding hydrogens is 1110 g/mol. The van der Waals surface area contributed by atoms with Crippen LogP contribution in [0.2, 0.25) is 0 Å². The first-order valence-electron chi connectivity index (χ1n) is 30.1. The SMILES string of the molecule is CCCCOC(=O)CCc1ccc2c(-c3c(OC)ccc4cc(NC(=O)[C@@H](NC(=O)CCc5ccc6c(-c7c(OC)ccc8cc(NC(=O)[C@@H](NC(=O)OC(C)(C)C)C(C)C)ccc78)c(O)ccc6c5)C(C)C)ccc34)c(OC(=O)C(C)(C)C)ccc2c1. The zero-order valence-electron chi connectivity index (χ0n) is 52.7. The molecule has 0 spiro atoms. The van der Waals surface area contributed by atoms with Gasteiger partial charge in [-0.2, -0.15) is 0 Å². The van der Waals surface area contributed by atoms with Gasteiger partial charge in [-0.05, 0) is 175 Å². The third-order valence-electron chi connectivity index (χ3n) is 15.3. The number of phenols is 1. The van der Waals surface area contributed by atoms with Crippen molar-refractivity contribution in [2.24, 2.45) is 17.3 Å². The Balaban J connectivity index is 0.988. The predicted octanol–water partition coefficient (Wildman–Crippen LogP) is 14.8. The molecule has 0 unspecified atom stereocenters. The van der Waals surface area contributed by atoms with E-state index in [4.69, 9.17) is 23.7 Å². The normalized spacial score (nSPS) is 12.4. The number of fused-ring (bicyclic) bond motifs is 4. The van der Waals surface area contributed by atoms with Crippen molar-refractivity contribution in [2.45, 2.75) is 132 Å². The molecule has 0 fully saturated rings. The first kappa shape index (κ1) is 64.8. The third kappa shape index (κ3) is 15.5. The van der Waals surface area contributed by atoms with Crippen LogP contribution in [0.5, 0.6) is 23.0 Å². The van der Waals surface area contributed by atoms with Crippen molar-refractivity contribution in [3.63, 3.8) is 0 Å². The summed E-state index contributed by atoms with van der Waals surface area (Å²) in [6.45, 7) is 20.5. The molecule has 5 N–H and O–H groups in total. The zero-order valence-corrected chi connectivity index (χ0v) is 52.7. The number of amides is 4. The quantitative estimate of drug-likeness (QED) is 0.0243. The monoisotopic (exact) mass is 1190 g/mol. The summed E-state index contributed by atoms with van der Waals surface area (Å²) in [6, 6.07) is 35.6. The van der Waals surface area contributed by atoms with E-state index < -0.39 is 41.1 Å². The van der Waals surface area contributed by atoms with Crippen LogP contribution in [0.4, 0.5) is 16.2 Å². The molecule has 8 rings (SSSR count). The van der Waals surface area contributed by atoms with Crippen LogP contribution >= 0.6 is 0 Å². The Morgan fingerprint density at radius 3 is 1.45 bits per heavy atom. The standard InChI is InChI=1S/C72H82N4O12/c1-14-15-36-86-60(79)35-19-44-17-27-52-46(38-44)23-33-58(87-69(82)71(6,7)8)64(52)63-54-29-25-49(40-48(54)22-32-57(63)85-13)73-67(80)65(41(2)3)75-59(78)34-18-43-16-26-51-45(37-43)20-30-55(77)61(51)62-53-28-24-50(39-47(53)21-31-56(62)84-12)74-68(81)66(42(4)5)76-70(83)88-72(9,10)11/h16-17,20-33,37-42,65-66,77H,14-15,18-19,34-36H2,1-13H3,(H,73,80)(H,74,81)(H,75,78)(H,76,83)/t65-,66-/m0/s1. The summed E-state index contributed by atoms with van der Waals surface area (Å²) in [5.41, 5.74) is 3.81. The first-order valence-corrected chi connectivity index (χ1v) is 30.1. The fourth-order valence-electron chi connectivity index (χ4n) is 10.6. The highest BCUT2D eigenvalue weighted by molar-refractivity contribution is 6.13. The van der Waals surface area contributed by atoms with Crippen LogP contribution in [-0.2, 0) is 46.3 Å². The number of aromatic hydroxyl groups is 1. The Hall–Kier alpha value is -9.18. The molecule has 16 heteroatoms. The van der Waals surface area contributed by atoms with Crippen LogP contribution < -0.4 is 35.5 Å². The van der Waals surface area contributed by atoms with Crippen LogP contribution in [0.1, 0.15) is 113 Å². The number of nitrogens with one attached hydrogen (secondary N) is 4. The van der Waals surface area contributed by atoms with Gasteiger partial charge in [0.05, 0.1) is 26.2 Å². The largest absolute Gasteiger partial charge is 0.507 e. The topological polar surface area (TPSA) is 217 Å². The van der Waals surface area contributed by atoms with Gasteiger partial charge in [0, 0.05) is 46.5 Å². The second kappa shape index (κ2) is 27.7. The number of anilines is 2. The molecular formula is C72H82N4O12. The lowest BCUT2D eigenvalue weighted by Crippen LogP contribution is -2.48. The van der Waals surface area contributed by atoms with Gasteiger partial charge in [0.2, 0.25) is 17.7 Å². The van der Waals surface area contributed by atoms with Crippen LogP contribution in [0.25, 0.3) is 65.3 Å². The highest BCUT2D eigenvalue weighted by Crippen LogP contribution is 2.48. The fourth-order valence-corrected chi connectivity index (χ4v) is 10.6. The number of carbonyl (C=O) groups excluding carboxylic acids is 6. The van der Waals surface area contributed by atoms with E-state index in [0.717, 1.165) is 67.1 Å². The molecule has 8 aromatic rings. The minimum absolute atomic E-state index is 0.0313. The van der Waals surface area contributed by atoms with Crippen molar-refractivity contribution in [2.75, 3.05) is 31.5 Å². The van der Waals surface area contributed by atoms with E-state index in [1.165, 1.54) is 0 Å². The minimum atomic E-state index is -0.870. The zero-order chi connectivity index (χ0) is 63.8. The van der Waals surface area contributed by atoms with Gasteiger partial charge in [0.25, 0.3) is 0 Å². The van der Waals surface area contributed by atoms with E-state index in [2.05, 4.69) is 21.3 Å². The number of hydrogen-bond acceptors (Lipinski definition) is 12. The molecule has 4 amide bonds. The Bertz CT molecular complexity index is 3950.